The van der Waals surface area contributed by atoms with Crippen LogP contribution in [-0.4, -0.2) is 22.5 Å². The van der Waals surface area contributed by atoms with Crippen molar-refractivity contribution in [2.75, 3.05) is 11.9 Å². The van der Waals surface area contributed by atoms with E-state index in [0.29, 0.717) is 11.5 Å². The van der Waals surface area contributed by atoms with Gasteiger partial charge in [0.2, 0.25) is 0 Å². The lowest BCUT2D eigenvalue weighted by atomic mass is 10.1. The molecule has 2 aromatic heterocycles. The van der Waals surface area contributed by atoms with Gasteiger partial charge in [0.15, 0.2) is 0 Å². The molecule has 2 heterocycles. The van der Waals surface area contributed by atoms with Gasteiger partial charge in [-0.05, 0) is 43.9 Å². The first-order chi connectivity index (χ1) is 12.1. The topological polar surface area (TPSA) is 64.1 Å². The van der Waals surface area contributed by atoms with Gasteiger partial charge in [-0.3, -0.25) is 0 Å². The summed E-state index contributed by atoms with van der Waals surface area (Å²) in [5, 5.41) is 4.34. The summed E-state index contributed by atoms with van der Waals surface area (Å²) in [5.41, 5.74) is 4.30. The molecule has 0 bridgehead atoms. The first-order valence-electron chi connectivity index (χ1n) is 8.33. The highest BCUT2D eigenvalue weighted by Crippen LogP contribution is 2.36. The maximum Gasteiger partial charge on any atom is 0.348 e. The Morgan fingerprint density at radius 2 is 2.04 bits per heavy atom. The monoisotopic (exact) mass is 355 g/mol. The lowest BCUT2D eigenvalue weighted by Gasteiger charge is -2.14. The molecule has 3 rings (SSSR count). The van der Waals surface area contributed by atoms with Gasteiger partial charge in [-0.1, -0.05) is 25.1 Å². The average Bonchev–Trinajstić information content (AvgIpc) is 2.95. The Morgan fingerprint density at radius 1 is 1.24 bits per heavy atom. The summed E-state index contributed by atoms with van der Waals surface area (Å²) in [7, 11) is 0. The van der Waals surface area contributed by atoms with Gasteiger partial charge in [-0.15, -0.1) is 11.3 Å². The minimum atomic E-state index is -0.306. The summed E-state index contributed by atoms with van der Waals surface area (Å²) in [5.74, 6) is 0.414. The molecule has 0 unspecified atom stereocenters. The number of nitrogens with zero attached hydrogens (tertiary/aromatic N) is 2. The van der Waals surface area contributed by atoms with E-state index >= 15 is 0 Å². The molecule has 25 heavy (non-hydrogen) atoms. The van der Waals surface area contributed by atoms with Gasteiger partial charge in [0, 0.05) is 5.69 Å². The number of thiophene rings is 1. The number of para-hydroxylation sites is 1. The molecule has 5 nitrogen and oxygen atoms in total. The number of fused-ring (bicyclic) bond motifs is 1. The number of hydrogen-bond acceptors (Lipinski definition) is 6. The Morgan fingerprint density at radius 3 is 2.76 bits per heavy atom. The number of aryl methyl sites for hydroxylation is 3. The van der Waals surface area contributed by atoms with Crippen molar-refractivity contribution in [1.29, 1.82) is 0 Å². The second kappa shape index (κ2) is 7.19. The predicted molar refractivity (Wildman–Crippen MR) is 102 cm³/mol. The summed E-state index contributed by atoms with van der Waals surface area (Å²) in [4.78, 5) is 22.3. The molecule has 0 radical (unpaired) electrons. The molecule has 0 amide bonds. The maximum absolute atomic E-state index is 12.2. The van der Waals surface area contributed by atoms with Crippen molar-refractivity contribution in [3.05, 3.63) is 46.1 Å². The quantitative estimate of drug-likeness (QED) is 0.667. The van der Waals surface area contributed by atoms with Gasteiger partial charge < -0.3 is 10.1 Å². The van der Waals surface area contributed by atoms with Crippen LogP contribution in [0.2, 0.25) is 0 Å². The Balaban J connectivity index is 2.11. The Labute approximate surface area is 151 Å². The number of benzene rings is 1. The number of ether oxygens (including phenoxy) is 1. The van der Waals surface area contributed by atoms with Gasteiger partial charge in [0.05, 0.1) is 12.0 Å². The summed E-state index contributed by atoms with van der Waals surface area (Å²) < 4.78 is 5.15. The van der Waals surface area contributed by atoms with Crippen LogP contribution in [0, 0.1) is 13.8 Å². The van der Waals surface area contributed by atoms with Crippen LogP contribution in [0.3, 0.4) is 0 Å². The van der Waals surface area contributed by atoms with Crippen LogP contribution >= 0.6 is 11.3 Å². The Bertz CT molecular complexity index is 934. The van der Waals surface area contributed by atoms with Crippen molar-refractivity contribution in [2.24, 2.45) is 0 Å². The van der Waals surface area contributed by atoms with Crippen LogP contribution in [-0.2, 0) is 11.2 Å². The summed E-state index contributed by atoms with van der Waals surface area (Å²) in [6.07, 6.45) is 2.45. The Hall–Kier alpha value is -2.47. The number of carbonyl (C=O) groups is 1. The lowest BCUT2D eigenvalue weighted by molar-refractivity contribution is 0.0531. The van der Waals surface area contributed by atoms with Crippen LogP contribution in [0.4, 0.5) is 11.5 Å². The van der Waals surface area contributed by atoms with Gasteiger partial charge >= 0.3 is 5.97 Å². The van der Waals surface area contributed by atoms with Crippen LogP contribution < -0.4 is 5.32 Å². The van der Waals surface area contributed by atoms with Crippen molar-refractivity contribution >= 4 is 39.0 Å². The zero-order chi connectivity index (χ0) is 18.0. The van der Waals surface area contributed by atoms with E-state index in [4.69, 9.17) is 4.74 Å². The molecular weight excluding hydrogens is 334 g/mol. The molecule has 0 atom stereocenters. The molecular formula is C19H21N3O2S. The first kappa shape index (κ1) is 17.4. The molecule has 6 heteroatoms. The van der Waals surface area contributed by atoms with E-state index in [0.717, 1.165) is 39.3 Å². The first-order valence-corrected chi connectivity index (χ1v) is 9.15. The number of aromatic nitrogens is 2. The van der Waals surface area contributed by atoms with E-state index in [1.807, 2.05) is 6.92 Å². The van der Waals surface area contributed by atoms with E-state index in [1.54, 1.807) is 6.92 Å². The molecule has 0 fully saturated rings. The van der Waals surface area contributed by atoms with Crippen LogP contribution in [0.15, 0.2) is 24.5 Å². The highest BCUT2D eigenvalue weighted by molar-refractivity contribution is 7.20. The van der Waals surface area contributed by atoms with Gasteiger partial charge in [0.25, 0.3) is 0 Å². The van der Waals surface area contributed by atoms with Gasteiger partial charge in [-0.2, -0.15) is 0 Å². The Kier molecular flexibility index (Phi) is 4.99. The SMILES string of the molecule is CCOC(=O)c1sc2ncnc(Nc3c(C)cccc3CC)c2c1C. The molecule has 3 aromatic rings. The molecule has 1 N–H and O–H groups in total. The molecule has 0 saturated heterocycles. The van der Waals surface area contributed by atoms with Crippen molar-refractivity contribution in [1.82, 2.24) is 9.97 Å². The fourth-order valence-electron chi connectivity index (χ4n) is 2.88. The molecule has 1 aromatic carbocycles. The molecule has 0 spiro atoms. The maximum atomic E-state index is 12.2. The zero-order valence-electron chi connectivity index (χ0n) is 14.8. The normalized spacial score (nSPS) is 10.9. The summed E-state index contributed by atoms with van der Waals surface area (Å²) >= 11 is 1.35. The minimum Gasteiger partial charge on any atom is -0.462 e. The highest BCUT2D eigenvalue weighted by Gasteiger charge is 2.20. The second-order valence-electron chi connectivity index (χ2n) is 5.77. The molecule has 0 aliphatic carbocycles. The third-order valence-corrected chi connectivity index (χ3v) is 5.35. The standard InChI is InChI=1S/C19H21N3O2S/c1-5-13-9-7-8-11(3)15(13)22-17-14-12(4)16(19(23)24-6-2)25-18(14)21-10-20-17/h7-10H,5-6H2,1-4H3,(H,20,21,22). The predicted octanol–water partition coefficient (Wildman–Crippen LogP) is 4.79. The van der Waals surface area contributed by atoms with Gasteiger partial charge in [0.1, 0.15) is 21.9 Å². The average molecular weight is 355 g/mol. The smallest absolute Gasteiger partial charge is 0.348 e. The molecule has 0 saturated carbocycles. The van der Waals surface area contributed by atoms with Crippen LogP contribution in [0.25, 0.3) is 10.2 Å². The van der Waals surface area contributed by atoms with Crippen molar-refractivity contribution in [3.8, 4) is 0 Å². The zero-order valence-corrected chi connectivity index (χ0v) is 15.7. The summed E-state index contributed by atoms with van der Waals surface area (Å²) in [6.45, 7) is 8.27. The van der Waals surface area contributed by atoms with E-state index in [1.165, 1.54) is 23.2 Å². The highest BCUT2D eigenvalue weighted by atomic mass is 32.1. The number of anilines is 2. The van der Waals surface area contributed by atoms with Gasteiger partial charge in [-0.25, -0.2) is 14.8 Å². The van der Waals surface area contributed by atoms with E-state index in [9.17, 15) is 4.79 Å². The number of esters is 1. The van der Waals surface area contributed by atoms with Crippen LogP contribution in [0.5, 0.6) is 0 Å². The molecule has 0 aliphatic rings. The molecule has 130 valence electrons. The number of nitrogens with one attached hydrogen (secondary N) is 1. The third-order valence-electron chi connectivity index (χ3n) is 4.17. The fraction of sp³-hybridized carbons (Fsp3) is 0.316. The minimum absolute atomic E-state index is 0.306. The van der Waals surface area contributed by atoms with Crippen LogP contribution in [0.1, 0.15) is 40.2 Å². The fourth-order valence-corrected chi connectivity index (χ4v) is 3.92. The second-order valence-corrected chi connectivity index (χ2v) is 6.77. The number of rotatable bonds is 5. The largest absolute Gasteiger partial charge is 0.462 e. The number of carbonyl (C=O) groups excluding carboxylic acids is 1. The summed E-state index contributed by atoms with van der Waals surface area (Å²) in [6, 6.07) is 6.24. The van der Waals surface area contributed by atoms with Crippen molar-refractivity contribution in [3.63, 3.8) is 0 Å². The lowest BCUT2D eigenvalue weighted by Crippen LogP contribution is -2.04. The van der Waals surface area contributed by atoms with E-state index in [2.05, 4.69) is 47.3 Å². The van der Waals surface area contributed by atoms with Crippen molar-refractivity contribution < 1.29 is 9.53 Å². The van der Waals surface area contributed by atoms with E-state index in [-0.39, 0.29) is 5.97 Å². The molecule has 0 aliphatic heterocycles. The number of hydrogen-bond donors (Lipinski definition) is 1. The third kappa shape index (κ3) is 3.22. The van der Waals surface area contributed by atoms with Crippen molar-refractivity contribution in [2.45, 2.75) is 34.1 Å². The van der Waals surface area contributed by atoms with E-state index < -0.39 is 0 Å².